The van der Waals surface area contributed by atoms with Gasteiger partial charge < -0.3 is 10.0 Å². The number of carbonyl (C=O) groups is 4. The van der Waals surface area contributed by atoms with E-state index in [4.69, 9.17) is 5.11 Å². The molecule has 1 atom stereocenters. The average molecular weight is 344 g/mol. The highest BCUT2D eigenvalue weighted by atomic mass is 16.4. The number of piperidine rings is 1. The van der Waals surface area contributed by atoms with Crippen LogP contribution in [0.2, 0.25) is 0 Å². The fraction of sp³-hybridized carbons (Fsp3) is 0.444. The van der Waals surface area contributed by atoms with Crippen LogP contribution in [0.15, 0.2) is 18.2 Å². The monoisotopic (exact) mass is 344 g/mol. The Balaban J connectivity index is 1.72. The fourth-order valence-corrected chi connectivity index (χ4v) is 3.48. The predicted molar refractivity (Wildman–Crippen MR) is 87.7 cm³/mol. The van der Waals surface area contributed by atoms with Crippen molar-refractivity contribution in [1.82, 2.24) is 10.2 Å². The highest BCUT2D eigenvalue weighted by Crippen LogP contribution is 2.30. The highest BCUT2D eigenvalue weighted by molar-refractivity contribution is 6.05. The number of hydrogen-bond acceptors (Lipinski definition) is 4. The summed E-state index contributed by atoms with van der Waals surface area (Å²) < 4.78 is 0. The Morgan fingerprint density at radius 3 is 2.76 bits per heavy atom. The number of amides is 3. The maximum absolute atomic E-state index is 12.7. The summed E-state index contributed by atoms with van der Waals surface area (Å²) in [6.07, 6.45) is 2.74. The molecular formula is C18H20N2O5. The molecule has 0 spiro atoms. The Bertz CT molecular complexity index is 743. The summed E-state index contributed by atoms with van der Waals surface area (Å²) in [4.78, 5) is 48.2. The van der Waals surface area contributed by atoms with Crippen molar-refractivity contribution in [2.45, 2.75) is 51.1 Å². The van der Waals surface area contributed by atoms with E-state index in [9.17, 15) is 19.2 Å². The van der Waals surface area contributed by atoms with Gasteiger partial charge in [-0.05, 0) is 42.9 Å². The average Bonchev–Trinajstić information content (AvgIpc) is 2.89. The van der Waals surface area contributed by atoms with E-state index in [-0.39, 0.29) is 24.7 Å². The van der Waals surface area contributed by atoms with Gasteiger partial charge in [-0.2, -0.15) is 0 Å². The Labute approximate surface area is 145 Å². The quantitative estimate of drug-likeness (QED) is 0.597. The van der Waals surface area contributed by atoms with Gasteiger partial charge in [0.15, 0.2) is 0 Å². The van der Waals surface area contributed by atoms with Gasteiger partial charge >= 0.3 is 5.97 Å². The number of rotatable bonds is 6. The largest absolute Gasteiger partial charge is 0.481 e. The van der Waals surface area contributed by atoms with E-state index in [1.165, 1.54) is 4.90 Å². The van der Waals surface area contributed by atoms with Gasteiger partial charge in [0.1, 0.15) is 6.04 Å². The molecule has 2 heterocycles. The van der Waals surface area contributed by atoms with Crippen molar-refractivity contribution in [2.24, 2.45) is 0 Å². The lowest BCUT2D eigenvalue weighted by molar-refractivity contribution is -0.138. The molecule has 1 aromatic carbocycles. The summed E-state index contributed by atoms with van der Waals surface area (Å²) >= 11 is 0. The van der Waals surface area contributed by atoms with Crippen LogP contribution in [0.5, 0.6) is 0 Å². The molecule has 2 N–H and O–H groups in total. The molecule has 0 saturated carbocycles. The molecule has 2 aliphatic rings. The van der Waals surface area contributed by atoms with Crippen molar-refractivity contribution in [2.75, 3.05) is 0 Å². The molecule has 0 aliphatic carbocycles. The zero-order valence-corrected chi connectivity index (χ0v) is 13.8. The number of aryl methyl sites for hydroxylation is 1. The third kappa shape index (κ3) is 3.55. The van der Waals surface area contributed by atoms with Crippen LogP contribution in [0.1, 0.15) is 53.6 Å². The molecule has 2 aliphatic heterocycles. The number of nitrogens with zero attached hydrogens (tertiary/aromatic N) is 1. The summed E-state index contributed by atoms with van der Waals surface area (Å²) in [6.45, 7) is 0.357. The van der Waals surface area contributed by atoms with Crippen LogP contribution >= 0.6 is 0 Å². The van der Waals surface area contributed by atoms with Crippen molar-refractivity contribution >= 4 is 23.7 Å². The molecular weight excluding hydrogens is 324 g/mol. The molecule has 132 valence electrons. The van der Waals surface area contributed by atoms with Crippen LogP contribution in [0.25, 0.3) is 0 Å². The van der Waals surface area contributed by atoms with Crippen LogP contribution < -0.4 is 5.32 Å². The number of unbranched alkanes of at least 4 members (excludes halogenated alkanes) is 1. The number of carboxylic acid groups (broad SMARTS) is 1. The van der Waals surface area contributed by atoms with Crippen molar-refractivity contribution in [1.29, 1.82) is 0 Å². The maximum atomic E-state index is 12.7. The summed E-state index contributed by atoms with van der Waals surface area (Å²) in [5.74, 6) is -1.71. The molecule has 1 aromatic rings. The van der Waals surface area contributed by atoms with Crippen molar-refractivity contribution in [3.05, 3.63) is 34.9 Å². The number of carboxylic acids is 1. The SMILES string of the molecule is O=C(O)CCCCc1cccc2c1CN(C1CCC(=O)NC1=O)C2=O. The zero-order chi connectivity index (χ0) is 18.0. The first-order chi connectivity index (χ1) is 12.0. The molecule has 3 rings (SSSR count). The lowest BCUT2D eigenvalue weighted by Gasteiger charge is -2.29. The van der Waals surface area contributed by atoms with Gasteiger partial charge in [-0.1, -0.05) is 12.1 Å². The smallest absolute Gasteiger partial charge is 0.303 e. The van der Waals surface area contributed by atoms with Gasteiger partial charge in [-0.25, -0.2) is 0 Å². The number of nitrogens with one attached hydrogen (secondary N) is 1. The van der Waals surface area contributed by atoms with Crippen LogP contribution in [-0.2, 0) is 27.3 Å². The zero-order valence-electron chi connectivity index (χ0n) is 13.8. The van der Waals surface area contributed by atoms with Gasteiger partial charge in [0.05, 0.1) is 0 Å². The number of benzene rings is 1. The molecule has 0 bridgehead atoms. The molecule has 1 saturated heterocycles. The van der Waals surface area contributed by atoms with E-state index in [0.29, 0.717) is 31.4 Å². The van der Waals surface area contributed by atoms with E-state index in [0.717, 1.165) is 17.5 Å². The second-order valence-electron chi connectivity index (χ2n) is 6.44. The lowest BCUT2D eigenvalue weighted by atomic mass is 9.98. The minimum absolute atomic E-state index is 0.135. The Kier molecular flexibility index (Phi) is 4.83. The van der Waals surface area contributed by atoms with Gasteiger partial charge in [0, 0.05) is 24.9 Å². The Morgan fingerprint density at radius 2 is 2.04 bits per heavy atom. The molecule has 25 heavy (non-hydrogen) atoms. The summed E-state index contributed by atoms with van der Waals surface area (Å²) in [5, 5.41) is 11.0. The highest BCUT2D eigenvalue weighted by Gasteiger charge is 2.39. The van der Waals surface area contributed by atoms with Crippen LogP contribution in [0.4, 0.5) is 0 Å². The minimum Gasteiger partial charge on any atom is -0.481 e. The second-order valence-corrected chi connectivity index (χ2v) is 6.44. The normalized spacial score (nSPS) is 19.8. The van der Waals surface area contributed by atoms with E-state index >= 15 is 0 Å². The molecule has 7 nitrogen and oxygen atoms in total. The molecule has 0 aromatic heterocycles. The number of carbonyl (C=O) groups excluding carboxylic acids is 3. The summed E-state index contributed by atoms with van der Waals surface area (Å²) in [6, 6.07) is 4.90. The Hall–Kier alpha value is -2.70. The Morgan fingerprint density at radius 1 is 1.24 bits per heavy atom. The molecule has 1 fully saturated rings. The fourth-order valence-electron chi connectivity index (χ4n) is 3.48. The van der Waals surface area contributed by atoms with Crippen molar-refractivity contribution < 1.29 is 24.3 Å². The van der Waals surface area contributed by atoms with Gasteiger partial charge in [0.2, 0.25) is 11.8 Å². The molecule has 7 heteroatoms. The number of imide groups is 1. The van der Waals surface area contributed by atoms with Crippen molar-refractivity contribution in [3.63, 3.8) is 0 Å². The number of hydrogen-bond donors (Lipinski definition) is 2. The van der Waals surface area contributed by atoms with Crippen LogP contribution in [0.3, 0.4) is 0 Å². The van der Waals surface area contributed by atoms with Crippen LogP contribution in [-0.4, -0.2) is 39.7 Å². The van der Waals surface area contributed by atoms with E-state index < -0.39 is 17.9 Å². The van der Waals surface area contributed by atoms with Gasteiger partial charge in [0.25, 0.3) is 5.91 Å². The van der Waals surface area contributed by atoms with Gasteiger partial charge in [-0.15, -0.1) is 0 Å². The molecule has 0 radical (unpaired) electrons. The molecule has 3 amide bonds. The lowest BCUT2D eigenvalue weighted by Crippen LogP contribution is -2.52. The maximum Gasteiger partial charge on any atom is 0.303 e. The topological polar surface area (TPSA) is 104 Å². The second kappa shape index (κ2) is 7.04. The first kappa shape index (κ1) is 17.1. The third-order valence-electron chi connectivity index (χ3n) is 4.77. The first-order valence-corrected chi connectivity index (χ1v) is 8.44. The van der Waals surface area contributed by atoms with E-state index in [2.05, 4.69) is 5.32 Å². The minimum atomic E-state index is -0.808. The number of fused-ring (bicyclic) bond motifs is 1. The molecule has 1 unspecified atom stereocenters. The van der Waals surface area contributed by atoms with Gasteiger partial charge in [-0.3, -0.25) is 24.5 Å². The summed E-state index contributed by atoms with van der Waals surface area (Å²) in [5.41, 5.74) is 2.53. The first-order valence-electron chi connectivity index (χ1n) is 8.44. The third-order valence-corrected chi connectivity index (χ3v) is 4.77. The number of aliphatic carboxylic acids is 1. The van der Waals surface area contributed by atoms with E-state index in [1.54, 1.807) is 6.07 Å². The van der Waals surface area contributed by atoms with Crippen LogP contribution in [0, 0.1) is 0 Å². The van der Waals surface area contributed by atoms with Crippen molar-refractivity contribution in [3.8, 4) is 0 Å². The summed E-state index contributed by atoms with van der Waals surface area (Å²) in [7, 11) is 0. The predicted octanol–water partition coefficient (Wildman–Crippen LogP) is 1.25. The standard InChI is InChI=1S/C18H20N2O5/c21-15-9-8-14(17(24)19-15)20-10-13-11(4-1-2-7-16(22)23)5-3-6-12(13)18(20)25/h3,5-6,14H,1-2,4,7-10H2,(H,22,23)(H,19,21,24). The van der Waals surface area contributed by atoms with E-state index in [1.807, 2.05) is 12.1 Å².